The van der Waals surface area contributed by atoms with Crippen molar-refractivity contribution in [3.63, 3.8) is 0 Å². The number of nitrogens with one attached hydrogen (secondary N) is 1. The highest BCUT2D eigenvalue weighted by molar-refractivity contribution is 6.05. The number of carbonyl (C=O) groups excluding carboxylic acids is 1. The van der Waals surface area contributed by atoms with Crippen LogP contribution in [0, 0.1) is 0 Å². The van der Waals surface area contributed by atoms with Gasteiger partial charge in [0.05, 0.1) is 16.8 Å². The summed E-state index contributed by atoms with van der Waals surface area (Å²) in [4.78, 5) is 19.1. The second kappa shape index (κ2) is 3.81. The Hall–Kier alpha value is -1.42. The minimum atomic E-state index is -0.359. The van der Waals surface area contributed by atoms with Crippen LogP contribution in [0.2, 0.25) is 0 Å². The normalized spacial score (nSPS) is 22.5. The summed E-state index contributed by atoms with van der Waals surface area (Å²) >= 11 is 0. The average molecular weight is 231 g/mol. The molecule has 90 valence electrons. The first-order chi connectivity index (χ1) is 8.26. The number of hydrogen-bond acceptors (Lipinski definition) is 3. The van der Waals surface area contributed by atoms with Crippen molar-refractivity contribution in [3.05, 3.63) is 24.0 Å². The number of rotatable bonds is 1. The third-order valence-corrected chi connectivity index (χ3v) is 4.10. The van der Waals surface area contributed by atoms with E-state index in [0.29, 0.717) is 0 Å². The first-order valence-electron chi connectivity index (χ1n) is 6.25. The highest BCUT2D eigenvalue weighted by Gasteiger charge is 2.49. The zero-order valence-electron chi connectivity index (χ0n) is 10.1. The Bertz CT molecular complexity index is 450. The lowest BCUT2D eigenvalue weighted by Gasteiger charge is -2.36. The van der Waals surface area contributed by atoms with E-state index in [0.717, 1.165) is 43.9 Å². The van der Waals surface area contributed by atoms with Gasteiger partial charge in [-0.1, -0.05) is 6.92 Å². The number of nitrogens with zero attached hydrogens (tertiary/aromatic N) is 2. The molecule has 17 heavy (non-hydrogen) atoms. The molecule has 4 heteroatoms. The summed E-state index contributed by atoms with van der Waals surface area (Å²) in [7, 11) is 0. The van der Waals surface area contributed by atoms with Crippen molar-refractivity contribution in [1.82, 2.24) is 9.88 Å². The number of amides is 1. The van der Waals surface area contributed by atoms with E-state index >= 15 is 0 Å². The van der Waals surface area contributed by atoms with Crippen LogP contribution in [0.25, 0.3) is 0 Å². The van der Waals surface area contributed by atoms with Gasteiger partial charge < -0.3 is 10.2 Å². The second-order valence-corrected chi connectivity index (χ2v) is 4.87. The molecule has 1 amide bonds. The molecule has 0 aliphatic carbocycles. The van der Waals surface area contributed by atoms with E-state index in [9.17, 15) is 4.79 Å². The molecule has 0 bridgehead atoms. The van der Waals surface area contributed by atoms with Crippen molar-refractivity contribution >= 4 is 11.6 Å². The molecular formula is C13H17N3O. The quantitative estimate of drug-likeness (QED) is 0.794. The smallest absolute Gasteiger partial charge is 0.236 e. The predicted molar refractivity (Wildman–Crippen MR) is 65.9 cm³/mol. The molecule has 1 aromatic heterocycles. The maximum atomic E-state index is 12.2. The standard InChI is InChI=1S/C13H17N3O/c1-2-16-8-5-13(6-9-16)11-10(15-12(13)17)4-3-7-14-11/h3-4,7H,2,5-6,8-9H2,1H3,(H,15,17). The van der Waals surface area contributed by atoms with Gasteiger partial charge in [0.1, 0.15) is 0 Å². The number of hydrogen-bond donors (Lipinski definition) is 1. The van der Waals surface area contributed by atoms with Crippen LogP contribution in [0.4, 0.5) is 5.69 Å². The van der Waals surface area contributed by atoms with Gasteiger partial charge in [0.2, 0.25) is 5.91 Å². The summed E-state index contributed by atoms with van der Waals surface area (Å²) in [5.74, 6) is 0.141. The molecule has 1 aromatic rings. The van der Waals surface area contributed by atoms with Gasteiger partial charge in [0.25, 0.3) is 0 Å². The van der Waals surface area contributed by atoms with Gasteiger partial charge in [-0.25, -0.2) is 0 Å². The largest absolute Gasteiger partial charge is 0.324 e. The van der Waals surface area contributed by atoms with E-state index in [4.69, 9.17) is 0 Å². The zero-order chi connectivity index (χ0) is 11.9. The molecule has 3 rings (SSSR count). The number of anilines is 1. The molecule has 0 aromatic carbocycles. The molecule has 2 aliphatic heterocycles. The van der Waals surface area contributed by atoms with E-state index in [1.807, 2.05) is 12.1 Å². The fourth-order valence-electron chi connectivity index (χ4n) is 2.95. The molecule has 1 spiro atoms. The Kier molecular flexibility index (Phi) is 2.40. The molecule has 0 unspecified atom stereocenters. The molecule has 0 saturated carbocycles. The molecule has 0 atom stereocenters. The summed E-state index contributed by atoms with van der Waals surface area (Å²) in [6.07, 6.45) is 3.56. The summed E-state index contributed by atoms with van der Waals surface area (Å²) in [5, 5.41) is 2.97. The van der Waals surface area contributed by atoms with Crippen LogP contribution >= 0.6 is 0 Å². The highest BCUT2D eigenvalue weighted by atomic mass is 16.2. The minimum Gasteiger partial charge on any atom is -0.324 e. The molecule has 4 nitrogen and oxygen atoms in total. The van der Waals surface area contributed by atoms with Crippen molar-refractivity contribution in [2.24, 2.45) is 0 Å². The van der Waals surface area contributed by atoms with Crippen molar-refractivity contribution in [1.29, 1.82) is 0 Å². The minimum absolute atomic E-state index is 0.141. The highest BCUT2D eigenvalue weighted by Crippen LogP contribution is 2.43. The van der Waals surface area contributed by atoms with Gasteiger partial charge in [-0.05, 0) is 44.6 Å². The fraction of sp³-hybridized carbons (Fsp3) is 0.538. The second-order valence-electron chi connectivity index (χ2n) is 4.87. The van der Waals surface area contributed by atoms with Crippen molar-refractivity contribution in [3.8, 4) is 0 Å². The monoisotopic (exact) mass is 231 g/mol. The first kappa shape index (κ1) is 10.7. The van der Waals surface area contributed by atoms with E-state index in [-0.39, 0.29) is 11.3 Å². The maximum absolute atomic E-state index is 12.2. The topological polar surface area (TPSA) is 45.2 Å². The molecule has 1 fully saturated rings. The summed E-state index contributed by atoms with van der Waals surface area (Å²) in [5.41, 5.74) is 1.51. The third kappa shape index (κ3) is 1.47. The molecule has 0 radical (unpaired) electrons. The Balaban J connectivity index is 1.95. The van der Waals surface area contributed by atoms with Crippen LogP contribution in [0.15, 0.2) is 18.3 Å². The molecule has 1 saturated heterocycles. The first-order valence-corrected chi connectivity index (χ1v) is 6.25. The van der Waals surface area contributed by atoms with E-state index in [1.165, 1.54) is 0 Å². The fourth-order valence-corrected chi connectivity index (χ4v) is 2.95. The Morgan fingerprint density at radius 3 is 2.94 bits per heavy atom. The average Bonchev–Trinajstić information content (AvgIpc) is 2.64. The SMILES string of the molecule is CCN1CCC2(CC1)C(=O)Nc1cccnc12. The lowest BCUT2D eigenvalue weighted by molar-refractivity contribution is -0.122. The summed E-state index contributed by atoms with van der Waals surface area (Å²) in [6, 6.07) is 3.82. The van der Waals surface area contributed by atoms with Gasteiger partial charge in [0.15, 0.2) is 0 Å². The van der Waals surface area contributed by atoms with Crippen LogP contribution in [0.3, 0.4) is 0 Å². The van der Waals surface area contributed by atoms with Crippen LogP contribution < -0.4 is 5.32 Å². The molecule has 1 N–H and O–H groups in total. The number of pyridine rings is 1. The number of likely N-dealkylation sites (tertiary alicyclic amines) is 1. The summed E-state index contributed by atoms with van der Waals surface area (Å²) < 4.78 is 0. The third-order valence-electron chi connectivity index (χ3n) is 4.10. The van der Waals surface area contributed by atoms with E-state index in [2.05, 4.69) is 22.1 Å². The zero-order valence-corrected chi connectivity index (χ0v) is 10.1. The molecular weight excluding hydrogens is 214 g/mol. The number of carbonyl (C=O) groups is 1. The van der Waals surface area contributed by atoms with Gasteiger partial charge in [-0.3, -0.25) is 9.78 Å². The van der Waals surface area contributed by atoms with Gasteiger partial charge in [-0.2, -0.15) is 0 Å². The maximum Gasteiger partial charge on any atom is 0.236 e. The Labute approximate surface area is 101 Å². The van der Waals surface area contributed by atoms with E-state index < -0.39 is 0 Å². The number of aromatic nitrogens is 1. The van der Waals surface area contributed by atoms with Crippen molar-refractivity contribution in [2.45, 2.75) is 25.2 Å². The Morgan fingerprint density at radius 1 is 1.47 bits per heavy atom. The molecule has 2 aliphatic rings. The lowest BCUT2D eigenvalue weighted by atomic mass is 9.76. The number of fused-ring (bicyclic) bond motifs is 2. The van der Waals surface area contributed by atoms with Crippen LogP contribution in [-0.2, 0) is 10.2 Å². The van der Waals surface area contributed by atoms with Crippen molar-refractivity contribution in [2.75, 3.05) is 25.0 Å². The number of piperidine rings is 1. The van der Waals surface area contributed by atoms with Crippen LogP contribution in [0.5, 0.6) is 0 Å². The molecule has 3 heterocycles. The van der Waals surface area contributed by atoms with Crippen LogP contribution in [0.1, 0.15) is 25.5 Å². The van der Waals surface area contributed by atoms with E-state index in [1.54, 1.807) is 6.20 Å². The van der Waals surface area contributed by atoms with Crippen LogP contribution in [-0.4, -0.2) is 35.4 Å². The lowest BCUT2D eigenvalue weighted by Crippen LogP contribution is -2.46. The predicted octanol–water partition coefficient (Wildman–Crippen LogP) is 1.39. The van der Waals surface area contributed by atoms with Gasteiger partial charge in [0, 0.05) is 6.20 Å². The Morgan fingerprint density at radius 2 is 2.24 bits per heavy atom. The summed E-state index contributed by atoms with van der Waals surface area (Å²) in [6.45, 7) is 5.20. The van der Waals surface area contributed by atoms with Crippen molar-refractivity contribution < 1.29 is 4.79 Å². The van der Waals surface area contributed by atoms with Gasteiger partial charge in [-0.15, -0.1) is 0 Å². The van der Waals surface area contributed by atoms with Gasteiger partial charge >= 0.3 is 0 Å².